The summed E-state index contributed by atoms with van der Waals surface area (Å²) in [5.41, 5.74) is 1.81. The molecule has 0 fully saturated rings. The molecule has 0 aliphatic carbocycles. The molecule has 0 bridgehead atoms. The lowest BCUT2D eigenvalue weighted by atomic mass is 10.1. The third-order valence-electron chi connectivity index (χ3n) is 3.56. The van der Waals surface area contributed by atoms with Crippen LogP contribution < -0.4 is 0 Å². The van der Waals surface area contributed by atoms with Gasteiger partial charge >= 0.3 is 0 Å². The molecule has 0 saturated carbocycles. The summed E-state index contributed by atoms with van der Waals surface area (Å²) in [6.07, 6.45) is -0.931. The number of nitrogens with zero attached hydrogens (tertiary/aromatic N) is 2. The Bertz CT molecular complexity index is 786. The van der Waals surface area contributed by atoms with Gasteiger partial charge in [0.05, 0.1) is 12.6 Å². The van der Waals surface area contributed by atoms with Gasteiger partial charge in [-0.15, -0.1) is 0 Å². The number of hydrogen-bond acceptors (Lipinski definition) is 4. The lowest BCUT2D eigenvalue weighted by Gasteiger charge is -2.19. The topological polar surface area (TPSA) is 49.5 Å². The normalized spacial score (nSPS) is 12.9. The van der Waals surface area contributed by atoms with Crippen molar-refractivity contribution in [3.05, 3.63) is 65.6 Å². The zero-order chi connectivity index (χ0) is 16.4. The van der Waals surface area contributed by atoms with E-state index in [2.05, 4.69) is 4.98 Å². The van der Waals surface area contributed by atoms with Gasteiger partial charge in [0.1, 0.15) is 5.52 Å². The van der Waals surface area contributed by atoms with E-state index in [4.69, 9.17) is 4.42 Å². The fourth-order valence-electron chi connectivity index (χ4n) is 2.40. The molecule has 6 heteroatoms. The summed E-state index contributed by atoms with van der Waals surface area (Å²) in [4.78, 5) is 6.16. The van der Waals surface area contributed by atoms with Crippen molar-refractivity contribution in [3.63, 3.8) is 0 Å². The van der Waals surface area contributed by atoms with E-state index in [9.17, 15) is 13.9 Å². The average molecular weight is 318 g/mol. The molecular weight excluding hydrogens is 302 g/mol. The molecule has 3 rings (SSSR count). The van der Waals surface area contributed by atoms with Crippen LogP contribution in [0, 0.1) is 11.6 Å². The molecule has 0 spiro atoms. The van der Waals surface area contributed by atoms with Crippen molar-refractivity contribution in [2.24, 2.45) is 0 Å². The molecule has 1 unspecified atom stereocenters. The highest BCUT2D eigenvalue weighted by molar-refractivity contribution is 5.72. The van der Waals surface area contributed by atoms with E-state index in [1.807, 2.05) is 24.3 Å². The van der Waals surface area contributed by atoms with Crippen LogP contribution in [0.3, 0.4) is 0 Å². The van der Waals surface area contributed by atoms with Crippen LogP contribution in [0.15, 0.2) is 46.9 Å². The summed E-state index contributed by atoms with van der Waals surface area (Å²) in [6, 6.07) is 10.8. The largest absolute Gasteiger partial charge is 0.439 e. The summed E-state index contributed by atoms with van der Waals surface area (Å²) < 4.78 is 31.8. The lowest BCUT2D eigenvalue weighted by molar-refractivity contribution is 0.119. The first kappa shape index (κ1) is 15.6. The maximum atomic E-state index is 13.2. The van der Waals surface area contributed by atoms with Gasteiger partial charge in [-0.3, -0.25) is 4.90 Å². The maximum Gasteiger partial charge on any atom is 0.209 e. The van der Waals surface area contributed by atoms with Gasteiger partial charge in [-0.2, -0.15) is 0 Å². The summed E-state index contributed by atoms with van der Waals surface area (Å²) in [7, 11) is 1.79. The second-order valence-electron chi connectivity index (χ2n) is 5.46. The fourth-order valence-corrected chi connectivity index (χ4v) is 2.40. The number of para-hydroxylation sites is 2. The first-order valence-electron chi connectivity index (χ1n) is 7.19. The predicted octanol–water partition coefficient (Wildman–Crippen LogP) is 3.27. The summed E-state index contributed by atoms with van der Waals surface area (Å²) in [5, 5.41) is 10.1. The molecule has 1 N–H and O–H groups in total. The molecule has 4 nitrogen and oxygen atoms in total. The molecule has 0 radical (unpaired) electrons. The van der Waals surface area contributed by atoms with Crippen LogP contribution in [0.2, 0.25) is 0 Å². The van der Waals surface area contributed by atoms with E-state index in [1.54, 1.807) is 11.9 Å². The van der Waals surface area contributed by atoms with E-state index in [1.165, 1.54) is 6.07 Å². The van der Waals surface area contributed by atoms with E-state index in [-0.39, 0.29) is 6.54 Å². The van der Waals surface area contributed by atoms with E-state index in [0.29, 0.717) is 23.6 Å². The molecule has 23 heavy (non-hydrogen) atoms. The zero-order valence-electron chi connectivity index (χ0n) is 12.5. The molecule has 120 valence electrons. The molecule has 1 aromatic heterocycles. The van der Waals surface area contributed by atoms with Gasteiger partial charge in [0.25, 0.3) is 0 Å². The van der Waals surface area contributed by atoms with Gasteiger partial charge in [0.15, 0.2) is 17.2 Å². The molecule has 0 aliphatic rings. The van der Waals surface area contributed by atoms with Gasteiger partial charge in [0.2, 0.25) is 5.89 Å². The van der Waals surface area contributed by atoms with Crippen molar-refractivity contribution < 1.29 is 18.3 Å². The number of aliphatic hydroxyl groups excluding tert-OH is 1. The Morgan fingerprint density at radius 3 is 2.70 bits per heavy atom. The first-order valence-corrected chi connectivity index (χ1v) is 7.19. The minimum absolute atomic E-state index is 0.240. The monoisotopic (exact) mass is 318 g/mol. The number of aromatic nitrogens is 1. The second kappa shape index (κ2) is 6.44. The molecule has 0 amide bonds. The molecule has 0 saturated heterocycles. The highest BCUT2D eigenvalue weighted by atomic mass is 19.2. The molecule has 1 atom stereocenters. The van der Waals surface area contributed by atoms with E-state index < -0.39 is 17.7 Å². The molecular formula is C17H16F2N2O2. The Hall–Kier alpha value is -2.31. The Morgan fingerprint density at radius 1 is 1.17 bits per heavy atom. The third-order valence-corrected chi connectivity index (χ3v) is 3.56. The van der Waals surface area contributed by atoms with Crippen LogP contribution >= 0.6 is 0 Å². The van der Waals surface area contributed by atoms with Crippen molar-refractivity contribution >= 4 is 11.1 Å². The smallest absolute Gasteiger partial charge is 0.209 e. The molecule has 0 aliphatic heterocycles. The maximum absolute atomic E-state index is 13.2. The Morgan fingerprint density at radius 2 is 1.96 bits per heavy atom. The summed E-state index contributed by atoms with van der Waals surface area (Å²) in [6.45, 7) is 0.638. The lowest BCUT2D eigenvalue weighted by Crippen LogP contribution is -2.24. The van der Waals surface area contributed by atoms with Crippen LogP contribution in [0.1, 0.15) is 17.6 Å². The number of hydrogen-bond donors (Lipinski definition) is 1. The average Bonchev–Trinajstić information content (AvgIpc) is 2.91. The van der Waals surface area contributed by atoms with Crippen LogP contribution in [-0.2, 0) is 6.54 Å². The minimum atomic E-state index is -0.969. The number of rotatable bonds is 5. The van der Waals surface area contributed by atoms with Crippen LogP contribution in [-0.4, -0.2) is 28.6 Å². The SMILES string of the molecule is CN(Cc1nc2ccccc2o1)CC(O)c1ccc(F)c(F)c1. The van der Waals surface area contributed by atoms with E-state index >= 15 is 0 Å². The fraction of sp³-hybridized carbons (Fsp3) is 0.235. The Kier molecular flexibility index (Phi) is 4.36. The first-order chi connectivity index (χ1) is 11.0. The highest BCUT2D eigenvalue weighted by Gasteiger charge is 2.15. The highest BCUT2D eigenvalue weighted by Crippen LogP contribution is 2.19. The number of oxazole rings is 1. The van der Waals surface area contributed by atoms with Gasteiger partial charge in [-0.25, -0.2) is 13.8 Å². The molecule has 3 aromatic rings. The van der Waals surface area contributed by atoms with Crippen molar-refractivity contribution in [1.82, 2.24) is 9.88 Å². The van der Waals surface area contributed by atoms with Crippen molar-refractivity contribution in [1.29, 1.82) is 0 Å². The van der Waals surface area contributed by atoms with Crippen LogP contribution in [0.4, 0.5) is 8.78 Å². The Labute approximate surface area is 132 Å². The van der Waals surface area contributed by atoms with Gasteiger partial charge < -0.3 is 9.52 Å². The summed E-state index contributed by atoms with van der Waals surface area (Å²) >= 11 is 0. The predicted molar refractivity (Wildman–Crippen MR) is 81.7 cm³/mol. The van der Waals surface area contributed by atoms with Gasteiger partial charge in [0, 0.05) is 6.54 Å². The van der Waals surface area contributed by atoms with Gasteiger partial charge in [-0.05, 0) is 36.9 Å². The zero-order valence-corrected chi connectivity index (χ0v) is 12.5. The number of benzene rings is 2. The molecule has 2 aromatic carbocycles. The number of likely N-dealkylation sites (N-methyl/N-ethyl adjacent to an activating group) is 1. The van der Waals surface area contributed by atoms with Crippen LogP contribution in [0.25, 0.3) is 11.1 Å². The number of halogens is 2. The number of fused-ring (bicyclic) bond motifs is 1. The van der Waals surface area contributed by atoms with Gasteiger partial charge in [-0.1, -0.05) is 18.2 Å². The van der Waals surface area contributed by atoms with Crippen molar-refractivity contribution in [3.8, 4) is 0 Å². The summed E-state index contributed by atoms with van der Waals surface area (Å²) in [5.74, 6) is -1.37. The van der Waals surface area contributed by atoms with Crippen LogP contribution in [0.5, 0.6) is 0 Å². The van der Waals surface area contributed by atoms with Crippen molar-refractivity contribution in [2.75, 3.05) is 13.6 Å². The third kappa shape index (κ3) is 3.55. The second-order valence-corrected chi connectivity index (χ2v) is 5.46. The van der Waals surface area contributed by atoms with Crippen molar-refractivity contribution in [2.45, 2.75) is 12.6 Å². The standard InChI is InChI=1S/C17H16F2N2O2/c1-21(9-15(22)11-6-7-12(18)13(19)8-11)10-17-20-14-4-2-3-5-16(14)23-17/h2-8,15,22H,9-10H2,1H3. The van der Waals surface area contributed by atoms with E-state index in [0.717, 1.165) is 17.6 Å². The number of aliphatic hydroxyl groups is 1. The quantitative estimate of drug-likeness (QED) is 0.784. The molecule has 1 heterocycles. The minimum Gasteiger partial charge on any atom is -0.439 e. The Balaban J connectivity index is 1.66.